The molecule has 0 aliphatic carbocycles. The fourth-order valence-corrected chi connectivity index (χ4v) is 1.27. The topological polar surface area (TPSA) is 89.4 Å². The molecule has 0 heterocycles. The van der Waals surface area contributed by atoms with E-state index in [-0.39, 0.29) is 5.56 Å². The lowest BCUT2D eigenvalue weighted by atomic mass is 10.1. The number of ether oxygens (including phenoxy) is 2. The van der Waals surface area contributed by atoms with Gasteiger partial charge in [-0.25, -0.2) is 9.59 Å². The molecular weight excluding hydrogens is 238 g/mol. The monoisotopic (exact) mass is 251 g/mol. The zero-order valence-corrected chi connectivity index (χ0v) is 10.3. The number of benzene rings is 1. The average Bonchev–Trinajstić information content (AvgIpc) is 2.42. The van der Waals surface area contributed by atoms with Gasteiger partial charge in [-0.3, -0.25) is 5.43 Å². The van der Waals surface area contributed by atoms with Gasteiger partial charge in [0.25, 0.3) is 0 Å². The second kappa shape index (κ2) is 6.33. The number of nitrogens with one attached hydrogen (secondary N) is 1. The molecule has 0 aliphatic heterocycles. The second-order valence-corrected chi connectivity index (χ2v) is 3.16. The SMILES string of the molecule is CN=NNc1cc(C(=O)OC)ccc1C(=O)OC. The van der Waals surface area contributed by atoms with E-state index in [9.17, 15) is 9.59 Å². The molecule has 1 aromatic carbocycles. The van der Waals surface area contributed by atoms with Gasteiger partial charge in [-0.15, -0.1) is 0 Å². The Hall–Kier alpha value is -2.44. The molecule has 1 N–H and O–H groups in total. The Bertz CT molecular complexity index is 485. The third kappa shape index (κ3) is 3.03. The number of carbonyl (C=O) groups excluding carboxylic acids is 2. The van der Waals surface area contributed by atoms with Gasteiger partial charge >= 0.3 is 11.9 Å². The van der Waals surface area contributed by atoms with Gasteiger partial charge in [0.05, 0.1) is 38.1 Å². The second-order valence-electron chi connectivity index (χ2n) is 3.16. The highest BCUT2D eigenvalue weighted by molar-refractivity contribution is 5.98. The van der Waals surface area contributed by atoms with Crippen LogP contribution in [0, 0.1) is 0 Å². The highest BCUT2D eigenvalue weighted by Gasteiger charge is 2.15. The Balaban J connectivity index is 3.19. The molecule has 7 heteroatoms. The largest absolute Gasteiger partial charge is 0.465 e. The van der Waals surface area contributed by atoms with E-state index in [1.807, 2.05) is 0 Å². The van der Waals surface area contributed by atoms with Gasteiger partial charge in [0.15, 0.2) is 0 Å². The minimum atomic E-state index is -0.541. The zero-order chi connectivity index (χ0) is 13.5. The lowest BCUT2D eigenvalue weighted by molar-refractivity contribution is 0.0587. The maximum absolute atomic E-state index is 11.5. The number of anilines is 1. The van der Waals surface area contributed by atoms with Gasteiger partial charge in [-0.05, 0) is 18.2 Å². The molecule has 0 spiro atoms. The number of esters is 2. The van der Waals surface area contributed by atoms with Gasteiger partial charge in [0, 0.05) is 0 Å². The molecule has 0 aliphatic rings. The van der Waals surface area contributed by atoms with Crippen LogP contribution >= 0.6 is 0 Å². The van der Waals surface area contributed by atoms with Gasteiger partial charge < -0.3 is 9.47 Å². The van der Waals surface area contributed by atoms with Crippen LogP contribution in [0.3, 0.4) is 0 Å². The summed E-state index contributed by atoms with van der Waals surface area (Å²) in [6.07, 6.45) is 0. The van der Waals surface area contributed by atoms with Crippen molar-refractivity contribution in [3.05, 3.63) is 29.3 Å². The minimum Gasteiger partial charge on any atom is -0.465 e. The first-order valence-electron chi connectivity index (χ1n) is 4.99. The summed E-state index contributed by atoms with van der Waals surface area (Å²) in [5, 5.41) is 7.06. The number of hydrogen-bond acceptors (Lipinski definition) is 6. The molecule has 0 saturated heterocycles. The van der Waals surface area contributed by atoms with Gasteiger partial charge in [0.1, 0.15) is 0 Å². The summed E-state index contributed by atoms with van der Waals surface area (Å²) < 4.78 is 9.20. The minimum absolute atomic E-state index is 0.248. The molecule has 96 valence electrons. The molecule has 0 radical (unpaired) electrons. The summed E-state index contributed by atoms with van der Waals surface area (Å²) in [5.41, 5.74) is 3.40. The van der Waals surface area contributed by atoms with Crippen LogP contribution in [-0.4, -0.2) is 33.2 Å². The molecule has 0 atom stereocenters. The molecule has 0 aromatic heterocycles. The van der Waals surface area contributed by atoms with E-state index in [1.54, 1.807) is 0 Å². The lowest BCUT2D eigenvalue weighted by Gasteiger charge is -2.08. The van der Waals surface area contributed by atoms with Crippen LogP contribution in [-0.2, 0) is 9.47 Å². The van der Waals surface area contributed by atoms with Gasteiger partial charge in [0.2, 0.25) is 0 Å². The number of carbonyl (C=O) groups is 2. The summed E-state index contributed by atoms with van der Waals surface area (Å²) in [6, 6.07) is 4.35. The van der Waals surface area contributed by atoms with E-state index in [1.165, 1.54) is 39.5 Å². The van der Waals surface area contributed by atoms with E-state index in [4.69, 9.17) is 0 Å². The van der Waals surface area contributed by atoms with Crippen LogP contribution in [0.1, 0.15) is 20.7 Å². The van der Waals surface area contributed by atoms with Crippen LogP contribution in [0.25, 0.3) is 0 Å². The van der Waals surface area contributed by atoms with Crippen molar-refractivity contribution in [1.29, 1.82) is 0 Å². The Morgan fingerprint density at radius 1 is 1.17 bits per heavy atom. The summed E-state index contributed by atoms with van der Waals surface area (Å²) in [7, 11) is 4.01. The molecule has 7 nitrogen and oxygen atoms in total. The van der Waals surface area contributed by atoms with Crippen LogP contribution in [0.4, 0.5) is 5.69 Å². The van der Waals surface area contributed by atoms with Gasteiger partial charge in [-0.2, -0.15) is 5.11 Å². The van der Waals surface area contributed by atoms with E-state index >= 15 is 0 Å². The number of hydrogen-bond donors (Lipinski definition) is 1. The third-order valence-corrected chi connectivity index (χ3v) is 2.12. The first kappa shape index (κ1) is 13.6. The molecule has 1 rings (SSSR count). The Kier molecular flexibility index (Phi) is 4.79. The maximum Gasteiger partial charge on any atom is 0.340 e. The Morgan fingerprint density at radius 3 is 2.39 bits per heavy atom. The van der Waals surface area contributed by atoms with E-state index in [2.05, 4.69) is 25.2 Å². The van der Waals surface area contributed by atoms with Crippen molar-refractivity contribution in [2.24, 2.45) is 10.3 Å². The average molecular weight is 251 g/mol. The number of methoxy groups -OCH3 is 2. The van der Waals surface area contributed by atoms with Crippen molar-refractivity contribution in [2.45, 2.75) is 0 Å². The van der Waals surface area contributed by atoms with Crippen LogP contribution in [0.2, 0.25) is 0 Å². The molecule has 0 saturated carbocycles. The molecule has 0 unspecified atom stereocenters. The third-order valence-electron chi connectivity index (χ3n) is 2.12. The first-order chi connectivity index (χ1) is 8.63. The fourth-order valence-electron chi connectivity index (χ4n) is 1.27. The standard InChI is InChI=1S/C11H13N3O4/c1-12-14-13-9-6-7(10(15)17-2)4-5-8(9)11(16)18-3/h4-6H,1-3H3,(H,12,13). The highest BCUT2D eigenvalue weighted by atomic mass is 16.5. The Labute approximate surface area is 104 Å². The molecular formula is C11H13N3O4. The first-order valence-corrected chi connectivity index (χ1v) is 4.99. The summed E-state index contributed by atoms with van der Waals surface area (Å²) in [5.74, 6) is -1.05. The molecule has 1 aromatic rings. The van der Waals surface area contributed by atoms with Crippen molar-refractivity contribution < 1.29 is 19.1 Å². The van der Waals surface area contributed by atoms with Crippen LogP contribution in [0.15, 0.2) is 28.5 Å². The number of rotatable bonds is 4. The maximum atomic E-state index is 11.5. The summed E-state index contributed by atoms with van der Waals surface area (Å²) >= 11 is 0. The highest BCUT2D eigenvalue weighted by Crippen LogP contribution is 2.19. The van der Waals surface area contributed by atoms with Gasteiger partial charge in [-0.1, -0.05) is 5.22 Å². The van der Waals surface area contributed by atoms with Crippen LogP contribution in [0.5, 0.6) is 0 Å². The quantitative estimate of drug-likeness (QED) is 0.499. The van der Waals surface area contributed by atoms with Crippen molar-refractivity contribution in [3.8, 4) is 0 Å². The molecule has 18 heavy (non-hydrogen) atoms. The van der Waals surface area contributed by atoms with E-state index in [0.717, 1.165) is 0 Å². The molecule has 0 amide bonds. The zero-order valence-electron chi connectivity index (χ0n) is 10.3. The van der Waals surface area contributed by atoms with Crippen molar-refractivity contribution in [1.82, 2.24) is 0 Å². The van der Waals surface area contributed by atoms with Crippen molar-refractivity contribution >= 4 is 17.6 Å². The predicted molar refractivity (Wildman–Crippen MR) is 63.5 cm³/mol. The normalized spacial score (nSPS) is 10.2. The molecule has 0 fully saturated rings. The fraction of sp³-hybridized carbons (Fsp3) is 0.273. The summed E-state index contributed by atoms with van der Waals surface area (Å²) in [6.45, 7) is 0. The smallest absolute Gasteiger partial charge is 0.340 e. The van der Waals surface area contributed by atoms with Crippen molar-refractivity contribution in [3.63, 3.8) is 0 Å². The summed E-state index contributed by atoms with van der Waals surface area (Å²) in [4.78, 5) is 22.9. The molecule has 0 bridgehead atoms. The van der Waals surface area contributed by atoms with Crippen molar-refractivity contribution in [2.75, 3.05) is 26.7 Å². The van der Waals surface area contributed by atoms with E-state index in [0.29, 0.717) is 11.3 Å². The number of nitrogens with zero attached hydrogens (tertiary/aromatic N) is 2. The lowest BCUT2D eigenvalue weighted by Crippen LogP contribution is -2.08. The van der Waals surface area contributed by atoms with Crippen LogP contribution < -0.4 is 5.43 Å². The van der Waals surface area contributed by atoms with E-state index < -0.39 is 11.9 Å². The Morgan fingerprint density at radius 2 is 1.83 bits per heavy atom. The predicted octanol–water partition coefficient (Wildman–Crippen LogP) is 1.67.